The average Bonchev–Trinajstić information content (AvgIpc) is 2.23. The van der Waals surface area contributed by atoms with E-state index in [1.54, 1.807) is 0 Å². The maximum absolute atomic E-state index is 14.2. The summed E-state index contributed by atoms with van der Waals surface area (Å²) >= 11 is 0. The molecule has 0 radical (unpaired) electrons. The third kappa shape index (κ3) is 1.33. The van der Waals surface area contributed by atoms with Crippen molar-refractivity contribution in [2.24, 2.45) is 34.8 Å². The minimum atomic E-state index is -0.781. The third-order valence-corrected chi connectivity index (χ3v) is 5.78. The van der Waals surface area contributed by atoms with E-state index in [-0.39, 0.29) is 35.5 Å². The maximum Gasteiger partial charge on any atom is 0.303 e. The lowest BCUT2D eigenvalue weighted by Gasteiger charge is -2.67. The van der Waals surface area contributed by atoms with Crippen molar-refractivity contribution in [3.63, 3.8) is 0 Å². The van der Waals surface area contributed by atoms with Crippen molar-refractivity contribution < 1.29 is 14.3 Å². The summed E-state index contributed by atoms with van der Waals surface area (Å²) in [6, 6.07) is 0. The topological polar surface area (TPSA) is 63.3 Å². The van der Waals surface area contributed by atoms with Gasteiger partial charge in [-0.2, -0.15) is 0 Å². The first-order valence-corrected chi connectivity index (χ1v) is 6.66. The van der Waals surface area contributed by atoms with Crippen LogP contribution < -0.4 is 5.73 Å². The summed E-state index contributed by atoms with van der Waals surface area (Å²) in [5.41, 5.74) is 5.57. The molecule has 17 heavy (non-hydrogen) atoms. The van der Waals surface area contributed by atoms with Gasteiger partial charge in [0.15, 0.2) is 0 Å². The lowest BCUT2D eigenvalue weighted by Crippen LogP contribution is -2.68. The minimum absolute atomic E-state index is 0.116. The fourth-order valence-electron chi connectivity index (χ4n) is 5.09. The second-order valence-corrected chi connectivity index (χ2v) is 6.16. The third-order valence-electron chi connectivity index (χ3n) is 5.78. The van der Waals surface area contributed by atoms with Gasteiger partial charge in [0.05, 0.1) is 6.42 Å². The van der Waals surface area contributed by atoms with E-state index in [0.29, 0.717) is 6.54 Å². The Hall–Kier alpha value is -0.640. The number of nitrogens with two attached hydrogens (primary N) is 1. The Morgan fingerprint density at radius 1 is 1.29 bits per heavy atom. The molecule has 0 aliphatic heterocycles. The molecular weight excluding hydrogens is 221 g/mol. The van der Waals surface area contributed by atoms with Gasteiger partial charge in [-0.1, -0.05) is 0 Å². The van der Waals surface area contributed by atoms with Crippen LogP contribution in [0.25, 0.3) is 0 Å². The molecule has 3 saturated carbocycles. The summed E-state index contributed by atoms with van der Waals surface area (Å²) in [7, 11) is 0. The molecule has 0 aromatic rings. The molecule has 96 valence electrons. The number of hydrogen-bond acceptors (Lipinski definition) is 2. The van der Waals surface area contributed by atoms with Gasteiger partial charge in [-0.25, -0.2) is 4.39 Å². The largest absolute Gasteiger partial charge is 0.481 e. The zero-order chi connectivity index (χ0) is 12.2. The number of fused-ring (bicyclic) bond motifs is 1. The Bertz CT molecular complexity index is 330. The predicted molar refractivity (Wildman–Crippen MR) is 61.1 cm³/mol. The molecule has 3 aliphatic rings. The van der Waals surface area contributed by atoms with E-state index in [9.17, 15) is 9.18 Å². The molecule has 0 saturated heterocycles. The quantitative estimate of drug-likeness (QED) is 0.792. The number of carboxylic acids is 1. The Morgan fingerprint density at radius 2 is 1.88 bits per heavy atom. The van der Waals surface area contributed by atoms with Crippen molar-refractivity contribution in [2.75, 3.05) is 6.54 Å². The van der Waals surface area contributed by atoms with Crippen molar-refractivity contribution in [1.29, 1.82) is 0 Å². The van der Waals surface area contributed by atoms with Crippen molar-refractivity contribution in [2.45, 2.75) is 38.3 Å². The van der Waals surface area contributed by atoms with Crippen LogP contribution in [0.15, 0.2) is 0 Å². The van der Waals surface area contributed by atoms with Crippen molar-refractivity contribution in [3.8, 4) is 0 Å². The molecule has 3 N–H and O–H groups in total. The second-order valence-electron chi connectivity index (χ2n) is 6.16. The molecular formula is C13H20FNO2. The van der Waals surface area contributed by atoms with Gasteiger partial charge in [-0.3, -0.25) is 4.79 Å². The van der Waals surface area contributed by atoms with Crippen LogP contribution in [0, 0.1) is 29.1 Å². The highest BCUT2D eigenvalue weighted by atomic mass is 19.1. The minimum Gasteiger partial charge on any atom is -0.481 e. The molecule has 0 amide bonds. The Labute approximate surface area is 101 Å². The molecule has 3 nitrogen and oxygen atoms in total. The standard InChI is InChI=1S/C13H20FNO2/c14-12-7-1-3-8-11(12)9(4-2-7)13(8,6-15)5-10(16)17/h7-9,11-12H,1-6,15H2,(H,16,17)/t7-,8-,9?,11+,12-,13+/m0/s1. The molecule has 0 spiro atoms. The molecule has 1 unspecified atom stereocenters. The average molecular weight is 241 g/mol. The van der Waals surface area contributed by atoms with Gasteiger partial charge in [0.25, 0.3) is 0 Å². The Balaban J connectivity index is 1.90. The zero-order valence-electron chi connectivity index (χ0n) is 9.94. The van der Waals surface area contributed by atoms with E-state index >= 15 is 0 Å². The number of halogens is 1. The van der Waals surface area contributed by atoms with Crippen LogP contribution in [0.5, 0.6) is 0 Å². The van der Waals surface area contributed by atoms with Gasteiger partial charge < -0.3 is 10.8 Å². The number of carboxylic acid groups (broad SMARTS) is 1. The molecule has 0 aromatic heterocycles. The highest BCUT2D eigenvalue weighted by Gasteiger charge is 2.67. The first kappa shape index (κ1) is 11.5. The number of hydrogen-bond donors (Lipinski definition) is 2. The van der Waals surface area contributed by atoms with E-state index in [0.717, 1.165) is 25.7 Å². The normalized spacial score (nSPS) is 51.8. The number of aliphatic carboxylic acids is 1. The Morgan fingerprint density at radius 3 is 2.35 bits per heavy atom. The highest BCUT2D eigenvalue weighted by Crippen LogP contribution is 2.68. The van der Waals surface area contributed by atoms with E-state index in [4.69, 9.17) is 10.8 Å². The van der Waals surface area contributed by atoms with E-state index in [1.165, 1.54) is 0 Å². The molecule has 4 heteroatoms. The fourth-order valence-corrected chi connectivity index (χ4v) is 5.09. The molecule has 3 aliphatic carbocycles. The van der Waals surface area contributed by atoms with Gasteiger partial charge >= 0.3 is 5.97 Å². The molecule has 2 bridgehead atoms. The van der Waals surface area contributed by atoms with Gasteiger partial charge in [0.1, 0.15) is 6.17 Å². The number of rotatable bonds is 3. The molecule has 0 heterocycles. The first-order chi connectivity index (χ1) is 8.10. The molecule has 3 rings (SSSR count). The number of alkyl halides is 1. The smallest absolute Gasteiger partial charge is 0.303 e. The number of carbonyl (C=O) groups is 1. The van der Waals surface area contributed by atoms with Crippen LogP contribution >= 0.6 is 0 Å². The highest BCUT2D eigenvalue weighted by molar-refractivity contribution is 5.68. The molecule has 6 atom stereocenters. The van der Waals surface area contributed by atoms with Crippen LogP contribution in [0.4, 0.5) is 4.39 Å². The van der Waals surface area contributed by atoms with Crippen molar-refractivity contribution >= 4 is 5.97 Å². The van der Waals surface area contributed by atoms with Gasteiger partial charge in [-0.05, 0) is 61.3 Å². The SMILES string of the molecule is NC[C@@]1(CC(=O)O)C2CC[C@@H]3CC[C@H]1[C@H]2[C@H]3F. The maximum atomic E-state index is 14.2. The fraction of sp³-hybridized carbons (Fsp3) is 0.923. The molecule has 0 aromatic carbocycles. The van der Waals surface area contributed by atoms with Gasteiger partial charge in [0.2, 0.25) is 0 Å². The summed E-state index contributed by atoms with van der Waals surface area (Å²) in [5.74, 6) is 0.0239. The first-order valence-electron chi connectivity index (χ1n) is 6.66. The van der Waals surface area contributed by atoms with Crippen LogP contribution in [0.1, 0.15) is 32.1 Å². The van der Waals surface area contributed by atoms with Gasteiger partial charge in [0, 0.05) is 0 Å². The lowest BCUT2D eigenvalue weighted by atomic mass is 9.37. The molecule has 3 fully saturated rings. The van der Waals surface area contributed by atoms with Crippen LogP contribution in [-0.2, 0) is 4.79 Å². The Kier molecular flexibility index (Phi) is 2.47. The summed E-state index contributed by atoms with van der Waals surface area (Å²) in [5, 5.41) is 9.08. The van der Waals surface area contributed by atoms with Crippen LogP contribution in [-0.4, -0.2) is 23.8 Å². The summed E-state index contributed by atoms with van der Waals surface area (Å²) in [6.07, 6.45) is 3.26. The van der Waals surface area contributed by atoms with Gasteiger partial charge in [-0.15, -0.1) is 0 Å². The van der Waals surface area contributed by atoms with Crippen molar-refractivity contribution in [3.05, 3.63) is 0 Å². The summed E-state index contributed by atoms with van der Waals surface area (Å²) in [4.78, 5) is 11.0. The predicted octanol–water partition coefficient (Wildman–Crippen LogP) is 1.81. The second kappa shape index (κ2) is 3.67. The van der Waals surface area contributed by atoms with E-state index in [2.05, 4.69) is 0 Å². The summed E-state index contributed by atoms with van der Waals surface area (Å²) < 4.78 is 14.2. The van der Waals surface area contributed by atoms with E-state index in [1.807, 2.05) is 0 Å². The zero-order valence-corrected chi connectivity index (χ0v) is 9.94. The lowest BCUT2D eigenvalue weighted by molar-refractivity contribution is -0.217. The summed E-state index contributed by atoms with van der Waals surface area (Å²) in [6.45, 7) is 0.405. The van der Waals surface area contributed by atoms with Crippen LogP contribution in [0.2, 0.25) is 0 Å². The van der Waals surface area contributed by atoms with E-state index < -0.39 is 12.1 Å². The van der Waals surface area contributed by atoms with Crippen LogP contribution in [0.3, 0.4) is 0 Å². The van der Waals surface area contributed by atoms with Crippen molar-refractivity contribution in [1.82, 2.24) is 0 Å². The monoisotopic (exact) mass is 241 g/mol.